The minimum atomic E-state index is -1.08. The van der Waals surface area contributed by atoms with Crippen LogP contribution in [-0.2, 0) is 7.05 Å². The topological polar surface area (TPSA) is 61.1 Å². The van der Waals surface area contributed by atoms with E-state index in [2.05, 4.69) is 0 Å². The van der Waals surface area contributed by atoms with E-state index in [1.165, 1.54) is 11.6 Å². The third-order valence-corrected chi connectivity index (χ3v) is 3.69. The molecule has 0 radical (unpaired) electrons. The van der Waals surface area contributed by atoms with Crippen LogP contribution in [-0.4, -0.2) is 9.13 Å². The Morgan fingerprint density at radius 2 is 1.55 bits per heavy atom. The van der Waals surface area contributed by atoms with E-state index in [9.17, 15) is 14.4 Å². The second-order valence-corrected chi connectivity index (χ2v) is 5.24. The molecule has 6 heteroatoms. The molecular weight excluding hydrogens is 304 g/mol. The molecule has 0 unspecified atom stereocenters. The number of aryl methyl sites for hydroxylation is 1. The molecule has 1 heterocycles. The van der Waals surface area contributed by atoms with Crippen LogP contribution in [0.15, 0.2) is 62.9 Å². The van der Waals surface area contributed by atoms with Gasteiger partial charge in [-0.2, -0.15) is 0 Å². The van der Waals surface area contributed by atoms with Crippen molar-refractivity contribution in [3.8, 4) is 5.69 Å². The first-order valence-electron chi connectivity index (χ1n) is 6.52. The Bertz CT molecular complexity index is 1050. The Balaban J connectivity index is 2.71. The Kier molecular flexibility index (Phi) is 3.42. The lowest BCUT2D eigenvalue weighted by Crippen LogP contribution is -2.42. The van der Waals surface area contributed by atoms with Gasteiger partial charge in [0.2, 0.25) is 0 Å². The number of hydrogen-bond donors (Lipinski definition) is 0. The highest BCUT2D eigenvalue weighted by Gasteiger charge is 2.12. The van der Waals surface area contributed by atoms with Gasteiger partial charge >= 0.3 is 16.5 Å². The smallest absolute Gasteiger partial charge is 0.306 e. The number of nitrogens with zero attached hydrogens (tertiary/aromatic N) is 2. The van der Waals surface area contributed by atoms with Crippen molar-refractivity contribution in [1.29, 1.82) is 0 Å². The van der Waals surface area contributed by atoms with Gasteiger partial charge in [0, 0.05) is 17.8 Å². The third kappa shape index (κ3) is 2.16. The highest BCUT2D eigenvalue weighted by Crippen LogP contribution is 2.18. The normalized spacial score (nSPS) is 10.8. The van der Waals surface area contributed by atoms with E-state index in [1.54, 1.807) is 48.5 Å². The van der Waals surface area contributed by atoms with Gasteiger partial charge in [0.25, 0.3) is 0 Å². The summed E-state index contributed by atoms with van der Waals surface area (Å²) in [6.07, 6.45) is 0. The maximum Gasteiger partial charge on any atom is 0.309 e. The zero-order valence-electron chi connectivity index (χ0n) is 11.6. The molecule has 22 heavy (non-hydrogen) atoms. The van der Waals surface area contributed by atoms with Crippen LogP contribution in [0.2, 0.25) is 5.02 Å². The first-order valence-corrected chi connectivity index (χ1v) is 6.89. The molecular formula is C16H11ClN2O3. The van der Waals surface area contributed by atoms with Gasteiger partial charge in [-0.15, -0.1) is 0 Å². The van der Waals surface area contributed by atoms with Crippen LogP contribution in [0, 0.1) is 0 Å². The number of rotatable bonds is 1. The van der Waals surface area contributed by atoms with Crippen LogP contribution in [0.3, 0.4) is 0 Å². The zero-order valence-corrected chi connectivity index (χ0v) is 12.4. The SMILES string of the molecule is Cn1c(=O)c(=O)c(=O)n(-c2ccccc2)c2cc(Cl)ccc21. The average Bonchev–Trinajstić information content (AvgIpc) is 2.59. The predicted molar refractivity (Wildman–Crippen MR) is 86.1 cm³/mol. The van der Waals surface area contributed by atoms with Crippen molar-refractivity contribution in [2.24, 2.45) is 7.05 Å². The Morgan fingerprint density at radius 1 is 0.864 bits per heavy atom. The molecule has 110 valence electrons. The van der Waals surface area contributed by atoms with E-state index in [0.717, 1.165) is 4.57 Å². The maximum absolute atomic E-state index is 12.5. The summed E-state index contributed by atoms with van der Waals surface area (Å²) in [7, 11) is 1.45. The fraction of sp³-hybridized carbons (Fsp3) is 0.0625. The molecule has 0 bridgehead atoms. The summed E-state index contributed by atoms with van der Waals surface area (Å²) >= 11 is 6.02. The van der Waals surface area contributed by atoms with Gasteiger partial charge in [0.05, 0.1) is 11.0 Å². The number of halogens is 1. The number of fused-ring (bicyclic) bond motifs is 1. The van der Waals surface area contributed by atoms with Crippen LogP contribution in [0.1, 0.15) is 0 Å². The van der Waals surface area contributed by atoms with Gasteiger partial charge in [0.15, 0.2) is 0 Å². The van der Waals surface area contributed by atoms with Crippen LogP contribution in [0.25, 0.3) is 16.7 Å². The van der Waals surface area contributed by atoms with Crippen molar-refractivity contribution in [3.05, 3.63) is 84.5 Å². The number of benzene rings is 2. The van der Waals surface area contributed by atoms with Gasteiger partial charge in [0.1, 0.15) is 0 Å². The summed E-state index contributed by atoms with van der Waals surface area (Å²) in [5, 5.41) is 0.405. The van der Waals surface area contributed by atoms with Crippen molar-refractivity contribution < 1.29 is 0 Å². The van der Waals surface area contributed by atoms with Gasteiger partial charge in [-0.1, -0.05) is 29.8 Å². The summed E-state index contributed by atoms with van der Waals surface area (Å²) in [4.78, 5) is 36.6. The minimum absolute atomic E-state index is 0.394. The van der Waals surface area contributed by atoms with Gasteiger partial charge in [-0.05, 0) is 30.3 Å². The number of hydrogen-bond acceptors (Lipinski definition) is 3. The standard InChI is InChI=1S/C16H11ClN2O3/c1-18-12-8-7-10(17)9-13(12)19(11-5-3-2-4-6-11)16(22)14(20)15(18)21/h2-9H,1H3. The monoisotopic (exact) mass is 314 g/mol. The lowest BCUT2D eigenvalue weighted by molar-refractivity contribution is 0.899. The highest BCUT2D eigenvalue weighted by atomic mass is 35.5. The Labute approximate surface area is 129 Å². The lowest BCUT2D eigenvalue weighted by atomic mass is 10.2. The summed E-state index contributed by atoms with van der Waals surface area (Å²) in [6.45, 7) is 0. The van der Waals surface area contributed by atoms with E-state index in [-0.39, 0.29) is 0 Å². The van der Waals surface area contributed by atoms with E-state index < -0.39 is 16.5 Å². The first-order chi connectivity index (χ1) is 10.5. The fourth-order valence-corrected chi connectivity index (χ4v) is 2.52. The molecule has 2 aromatic carbocycles. The highest BCUT2D eigenvalue weighted by molar-refractivity contribution is 6.31. The first kappa shape index (κ1) is 14.3. The van der Waals surface area contributed by atoms with Gasteiger partial charge in [-0.3, -0.25) is 19.0 Å². The quantitative estimate of drug-likeness (QED) is 0.642. The molecule has 0 aliphatic carbocycles. The van der Waals surface area contributed by atoms with Crippen molar-refractivity contribution in [2.45, 2.75) is 0 Å². The molecule has 1 aromatic heterocycles. The van der Waals surface area contributed by atoms with E-state index in [4.69, 9.17) is 11.6 Å². The zero-order chi connectivity index (χ0) is 15.9. The molecule has 0 aliphatic rings. The second-order valence-electron chi connectivity index (χ2n) is 4.80. The molecule has 0 saturated heterocycles. The second kappa shape index (κ2) is 5.27. The summed E-state index contributed by atoms with van der Waals surface area (Å²) in [5.74, 6) is 0. The molecule has 3 rings (SSSR count). The van der Waals surface area contributed by atoms with Crippen molar-refractivity contribution in [2.75, 3.05) is 0 Å². The summed E-state index contributed by atoms with van der Waals surface area (Å²) in [5.41, 5.74) is -1.52. The van der Waals surface area contributed by atoms with Crippen LogP contribution >= 0.6 is 11.6 Å². The largest absolute Gasteiger partial charge is 0.309 e. The maximum atomic E-state index is 12.5. The van der Waals surface area contributed by atoms with Crippen molar-refractivity contribution >= 4 is 22.6 Å². The van der Waals surface area contributed by atoms with Crippen molar-refractivity contribution in [3.63, 3.8) is 0 Å². The Morgan fingerprint density at radius 3 is 2.23 bits per heavy atom. The number of para-hydroxylation sites is 1. The summed E-state index contributed by atoms with van der Waals surface area (Å²) in [6, 6.07) is 13.4. The van der Waals surface area contributed by atoms with Gasteiger partial charge in [-0.25, -0.2) is 0 Å². The van der Waals surface area contributed by atoms with Crippen LogP contribution < -0.4 is 16.5 Å². The molecule has 0 N–H and O–H groups in total. The van der Waals surface area contributed by atoms with Gasteiger partial charge < -0.3 is 4.57 Å². The molecule has 0 aliphatic heterocycles. The molecule has 0 fully saturated rings. The number of aromatic nitrogens is 2. The lowest BCUT2D eigenvalue weighted by Gasteiger charge is -2.07. The van der Waals surface area contributed by atoms with E-state index in [1.807, 2.05) is 0 Å². The predicted octanol–water partition coefficient (Wildman–Crippen LogP) is 1.70. The minimum Gasteiger partial charge on any atom is -0.306 e. The molecule has 0 amide bonds. The van der Waals surface area contributed by atoms with E-state index in [0.29, 0.717) is 21.7 Å². The molecule has 5 nitrogen and oxygen atoms in total. The Hall–Kier alpha value is -2.66. The van der Waals surface area contributed by atoms with Crippen molar-refractivity contribution in [1.82, 2.24) is 9.13 Å². The average molecular weight is 315 g/mol. The molecule has 0 spiro atoms. The van der Waals surface area contributed by atoms with Crippen LogP contribution in [0.4, 0.5) is 0 Å². The fourth-order valence-electron chi connectivity index (χ4n) is 2.36. The third-order valence-electron chi connectivity index (χ3n) is 3.45. The molecule has 3 aromatic rings. The van der Waals surface area contributed by atoms with E-state index >= 15 is 0 Å². The molecule has 0 atom stereocenters. The molecule has 0 saturated carbocycles. The van der Waals surface area contributed by atoms with Crippen LogP contribution in [0.5, 0.6) is 0 Å². The summed E-state index contributed by atoms with van der Waals surface area (Å²) < 4.78 is 2.37.